The van der Waals surface area contributed by atoms with Gasteiger partial charge in [0, 0.05) is 46.3 Å². The Balaban J connectivity index is 1.52. The van der Waals surface area contributed by atoms with E-state index in [1.54, 1.807) is 19.0 Å². The zero-order chi connectivity index (χ0) is 17.6. The van der Waals surface area contributed by atoms with E-state index in [1.165, 1.54) is 5.56 Å². The third-order valence-corrected chi connectivity index (χ3v) is 4.78. The third kappa shape index (κ3) is 2.84. The van der Waals surface area contributed by atoms with Crippen LogP contribution in [0.1, 0.15) is 27.3 Å². The van der Waals surface area contributed by atoms with Crippen LogP contribution < -0.4 is 9.47 Å². The van der Waals surface area contributed by atoms with Crippen molar-refractivity contribution in [2.45, 2.75) is 19.5 Å². The summed E-state index contributed by atoms with van der Waals surface area (Å²) in [6, 6.07) is 6.08. The Bertz CT molecular complexity index is 828. The van der Waals surface area contributed by atoms with E-state index in [-0.39, 0.29) is 5.91 Å². The van der Waals surface area contributed by atoms with Gasteiger partial charge in [-0.3, -0.25) is 14.4 Å². The lowest BCUT2D eigenvalue weighted by molar-refractivity contribution is 0.0819. The molecule has 0 unspecified atom stereocenters. The van der Waals surface area contributed by atoms with E-state index < -0.39 is 0 Å². The zero-order valence-corrected chi connectivity index (χ0v) is 14.8. The van der Waals surface area contributed by atoms with Gasteiger partial charge in [0.15, 0.2) is 17.2 Å². The van der Waals surface area contributed by atoms with E-state index in [9.17, 15) is 4.79 Å². The van der Waals surface area contributed by atoms with E-state index in [0.29, 0.717) is 12.5 Å². The highest BCUT2D eigenvalue weighted by Crippen LogP contribution is 2.33. The highest BCUT2D eigenvalue weighted by molar-refractivity contribution is 5.93. The maximum atomic E-state index is 12.3. The molecule has 0 radical (unpaired) electrons. The van der Waals surface area contributed by atoms with Crippen molar-refractivity contribution in [1.29, 1.82) is 0 Å². The number of benzene rings is 1. The number of nitrogens with zero attached hydrogens (tertiary/aromatic N) is 4. The molecule has 3 heterocycles. The van der Waals surface area contributed by atoms with Crippen LogP contribution in [-0.2, 0) is 26.6 Å². The molecule has 0 fully saturated rings. The normalized spacial score (nSPS) is 16.0. The predicted molar refractivity (Wildman–Crippen MR) is 91.6 cm³/mol. The van der Waals surface area contributed by atoms with Crippen molar-refractivity contribution >= 4 is 5.91 Å². The summed E-state index contributed by atoms with van der Waals surface area (Å²) in [6.45, 7) is 2.82. The van der Waals surface area contributed by atoms with E-state index >= 15 is 0 Å². The van der Waals surface area contributed by atoms with Crippen molar-refractivity contribution in [3.05, 3.63) is 40.7 Å². The molecule has 4 rings (SSSR count). The molecule has 2 aliphatic rings. The van der Waals surface area contributed by atoms with Gasteiger partial charge < -0.3 is 14.4 Å². The first-order valence-electron chi connectivity index (χ1n) is 8.40. The molecule has 0 N–H and O–H groups in total. The Kier molecular flexibility index (Phi) is 3.88. The lowest BCUT2D eigenvalue weighted by atomic mass is 10.0. The third-order valence-electron chi connectivity index (χ3n) is 4.78. The number of hydrogen-bond acceptors (Lipinski definition) is 5. The molecule has 0 bridgehead atoms. The lowest BCUT2D eigenvalue weighted by Crippen LogP contribution is -2.32. The summed E-state index contributed by atoms with van der Waals surface area (Å²) in [6.07, 6.45) is 0.836. The van der Waals surface area contributed by atoms with Crippen LogP contribution in [0.2, 0.25) is 0 Å². The van der Waals surface area contributed by atoms with Gasteiger partial charge in [-0.25, -0.2) is 0 Å². The van der Waals surface area contributed by atoms with Crippen molar-refractivity contribution in [2.24, 2.45) is 7.05 Å². The maximum absolute atomic E-state index is 12.3. The number of carbonyl (C=O) groups is 1. The molecule has 7 heteroatoms. The quantitative estimate of drug-likeness (QED) is 0.844. The summed E-state index contributed by atoms with van der Waals surface area (Å²) < 4.78 is 12.7. The number of amides is 1. The molecule has 2 aliphatic heterocycles. The first-order chi connectivity index (χ1) is 12.0. The minimum atomic E-state index is -0.0268. The van der Waals surface area contributed by atoms with Crippen LogP contribution in [0.25, 0.3) is 0 Å². The van der Waals surface area contributed by atoms with E-state index in [4.69, 9.17) is 9.47 Å². The predicted octanol–water partition coefficient (Wildman–Crippen LogP) is 1.41. The molecule has 0 atom stereocenters. The fourth-order valence-electron chi connectivity index (χ4n) is 3.44. The topological polar surface area (TPSA) is 59.8 Å². The second kappa shape index (κ2) is 6.07. The standard InChI is InChI=1S/C18H22N4O3/c1-20(2)18(23)17-13-6-7-22(10-14(13)21(3)19-17)9-12-4-5-15-16(8-12)25-11-24-15/h4-5,8H,6-7,9-11H2,1-3H3. The summed E-state index contributed by atoms with van der Waals surface area (Å²) in [5, 5.41) is 4.46. The molecule has 7 nitrogen and oxygen atoms in total. The molecular formula is C18H22N4O3. The summed E-state index contributed by atoms with van der Waals surface area (Å²) in [5.74, 6) is 1.60. The SMILES string of the molecule is CN(C)C(=O)c1nn(C)c2c1CCN(Cc1ccc3c(c1)OCO3)C2. The minimum Gasteiger partial charge on any atom is -0.454 e. The minimum absolute atomic E-state index is 0.0268. The average molecular weight is 342 g/mol. The number of aromatic nitrogens is 2. The number of rotatable bonds is 3. The van der Waals surface area contributed by atoms with Gasteiger partial charge in [0.1, 0.15) is 0 Å². The number of hydrogen-bond donors (Lipinski definition) is 0. The Hall–Kier alpha value is -2.54. The summed E-state index contributed by atoms with van der Waals surface area (Å²) in [5.41, 5.74) is 3.99. The number of carbonyl (C=O) groups excluding carboxylic acids is 1. The Morgan fingerprint density at radius 1 is 1.28 bits per heavy atom. The van der Waals surface area contributed by atoms with Gasteiger partial charge in [-0.2, -0.15) is 5.10 Å². The molecule has 1 amide bonds. The van der Waals surface area contributed by atoms with Gasteiger partial charge in [-0.05, 0) is 24.1 Å². The molecule has 1 aromatic heterocycles. The summed E-state index contributed by atoms with van der Waals surface area (Å²) in [7, 11) is 5.44. The Labute approximate surface area is 146 Å². The molecule has 0 aliphatic carbocycles. The van der Waals surface area contributed by atoms with Crippen molar-refractivity contribution in [2.75, 3.05) is 27.4 Å². The van der Waals surface area contributed by atoms with Crippen LogP contribution in [0.5, 0.6) is 11.5 Å². The van der Waals surface area contributed by atoms with Crippen LogP contribution in [0.15, 0.2) is 18.2 Å². The fourth-order valence-corrected chi connectivity index (χ4v) is 3.44. The molecule has 0 spiro atoms. The Morgan fingerprint density at radius 3 is 2.88 bits per heavy atom. The van der Waals surface area contributed by atoms with Gasteiger partial charge in [0.05, 0.1) is 5.69 Å². The van der Waals surface area contributed by atoms with Gasteiger partial charge in [0.25, 0.3) is 5.91 Å². The summed E-state index contributed by atoms with van der Waals surface area (Å²) >= 11 is 0. The molecule has 132 valence electrons. The van der Waals surface area contributed by atoms with Crippen LogP contribution in [0.4, 0.5) is 0 Å². The monoisotopic (exact) mass is 342 g/mol. The first-order valence-corrected chi connectivity index (χ1v) is 8.40. The van der Waals surface area contributed by atoms with Gasteiger partial charge in [-0.1, -0.05) is 6.07 Å². The van der Waals surface area contributed by atoms with Gasteiger partial charge >= 0.3 is 0 Å². The molecule has 0 saturated heterocycles. The van der Waals surface area contributed by atoms with Crippen LogP contribution in [0.3, 0.4) is 0 Å². The average Bonchev–Trinajstić information content (AvgIpc) is 3.18. The number of fused-ring (bicyclic) bond motifs is 2. The molecule has 0 saturated carbocycles. The first kappa shape index (κ1) is 16.0. The van der Waals surface area contributed by atoms with E-state index in [0.717, 1.165) is 48.8 Å². The highest BCUT2D eigenvalue weighted by atomic mass is 16.7. The second-order valence-electron chi connectivity index (χ2n) is 6.75. The zero-order valence-electron chi connectivity index (χ0n) is 14.8. The molecule has 2 aromatic rings. The van der Waals surface area contributed by atoms with E-state index in [2.05, 4.69) is 16.1 Å². The maximum Gasteiger partial charge on any atom is 0.274 e. The highest BCUT2D eigenvalue weighted by Gasteiger charge is 2.28. The Morgan fingerprint density at radius 2 is 2.08 bits per heavy atom. The van der Waals surface area contributed by atoms with Crippen LogP contribution in [0, 0.1) is 0 Å². The van der Waals surface area contributed by atoms with Crippen LogP contribution >= 0.6 is 0 Å². The lowest BCUT2D eigenvalue weighted by Gasteiger charge is -2.27. The largest absolute Gasteiger partial charge is 0.454 e. The molecule has 1 aromatic carbocycles. The molecular weight excluding hydrogens is 320 g/mol. The van der Waals surface area contributed by atoms with Crippen LogP contribution in [-0.4, -0.2) is 52.9 Å². The number of aryl methyl sites for hydroxylation is 1. The van der Waals surface area contributed by atoms with Gasteiger partial charge in [-0.15, -0.1) is 0 Å². The van der Waals surface area contributed by atoms with Crippen molar-refractivity contribution in [3.8, 4) is 11.5 Å². The van der Waals surface area contributed by atoms with Gasteiger partial charge in [0.2, 0.25) is 6.79 Å². The van der Waals surface area contributed by atoms with E-state index in [1.807, 2.05) is 23.9 Å². The number of ether oxygens (including phenoxy) is 2. The second-order valence-corrected chi connectivity index (χ2v) is 6.75. The smallest absolute Gasteiger partial charge is 0.274 e. The van der Waals surface area contributed by atoms with Crippen molar-refractivity contribution < 1.29 is 14.3 Å². The summed E-state index contributed by atoms with van der Waals surface area (Å²) in [4.78, 5) is 16.3. The fraction of sp³-hybridized carbons (Fsp3) is 0.444. The van der Waals surface area contributed by atoms with Crippen molar-refractivity contribution in [3.63, 3.8) is 0 Å². The molecule has 25 heavy (non-hydrogen) atoms. The van der Waals surface area contributed by atoms with Crippen molar-refractivity contribution in [1.82, 2.24) is 19.6 Å².